The minimum atomic E-state index is -0.486. The molecule has 1 aliphatic rings. The van der Waals surface area contributed by atoms with E-state index in [2.05, 4.69) is 35.6 Å². The highest BCUT2D eigenvalue weighted by Crippen LogP contribution is 2.30. The van der Waals surface area contributed by atoms with Crippen molar-refractivity contribution in [1.82, 2.24) is 5.32 Å². The third kappa shape index (κ3) is 3.82. The Morgan fingerprint density at radius 2 is 1.85 bits per heavy atom. The summed E-state index contributed by atoms with van der Waals surface area (Å²) < 4.78 is 6.05. The Balaban J connectivity index is 1.48. The highest BCUT2D eigenvalue weighted by Gasteiger charge is 2.25. The van der Waals surface area contributed by atoms with Crippen LogP contribution in [0.3, 0.4) is 0 Å². The molecule has 1 N–H and O–H groups in total. The van der Waals surface area contributed by atoms with Gasteiger partial charge in [0.05, 0.1) is 6.04 Å². The minimum Gasteiger partial charge on any atom is -0.481 e. The van der Waals surface area contributed by atoms with Crippen molar-refractivity contribution in [2.24, 2.45) is 0 Å². The first-order valence-corrected chi connectivity index (χ1v) is 9.78. The zero-order valence-corrected chi connectivity index (χ0v) is 15.7. The molecule has 27 heavy (non-hydrogen) atoms. The van der Waals surface area contributed by atoms with Gasteiger partial charge >= 0.3 is 0 Å². The summed E-state index contributed by atoms with van der Waals surface area (Å²) in [5.74, 6) is 0.701. The summed E-state index contributed by atoms with van der Waals surface area (Å²) in [6.45, 7) is 1.99. The van der Waals surface area contributed by atoms with Crippen molar-refractivity contribution in [2.45, 2.75) is 44.8 Å². The van der Waals surface area contributed by atoms with E-state index in [1.807, 2.05) is 43.3 Å². The Bertz CT molecular complexity index is 950. The Morgan fingerprint density at radius 1 is 1.07 bits per heavy atom. The Morgan fingerprint density at radius 3 is 2.70 bits per heavy atom. The van der Waals surface area contributed by atoms with E-state index in [9.17, 15) is 4.79 Å². The van der Waals surface area contributed by atoms with Gasteiger partial charge in [0.1, 0.15) is 5.75 Å². The van der Waals surface area contributed by atoms with Crippen molar-refractivity contribution in [2.75, 3.05) is 0 Å². The van der Waals surface area contributed by atoms with E-state index in [1.165, 1.54) is 16.5 Å². The number of rotatable bonds is 5. The number of aryl methyl sites for hydroxylation is 1. The van der Waals surface area contributed by atoms with Crippen LogP contribution in [0.1, 0.15) is 43.4 Å². The molecule has 3 nitrogen and oxygen atoms in total. The first-order valence-electron chi connectivity index (χ1n) is 9.78. The largest absolute Gasteiger partial charge is 0.481 e. The highest BCUT2D eigenvalue weighted by molar-refractivity contribution is 5.84. The van der Waals surface area contributed by atoms with E-state index in [0.29, 0.717) is 6.42 Å². The maximum Gasteiger partial charge on any atom is 0.261 e. The fraction of sp³-hybridized carbons (Fsp3) is 0.292. The zero-order valence-electron chi connectivity index (χ0n) is 15.7. The third-order valence-corrected chi connectivity index (χ3v) is 5.35. The van der Waals surface area contributed by atoms with Gasteiger partial charge in [0.25, 0.3) is 5.91 Å². The van der Waals surface area contributed by atoms with Crippen LogP contribution in [-0.4, -0.2) is 12.0 Å². The lowest BCUT2D eigenvalue weighted by Crippen LogP contribution is -2.40. The van der Waals surface area contributed by atoms with Crippen molar-refractivity contribution in [3.63, 3.8) is 0 Å². The van der Waals surface area contributed by atoms with Gasteiger partial charge in [-0.3, -0.25) is 4.79 Å². The molecule has 3 aromatic rings. The molecule has 138 valence electrons. The van der Waals surface area contributed by atoms with Crippen molar-refractivity contribution in [3.8, 4) is 5.75 Å². The third-order valence-electron chi connectivity index (χ3n) is 5.35. The molecule has 2 unspecified atom stereocenters. The molecule has 0 spiro atoms. The topological polar surface area (TPSA) is 38.3 Å². The van der Waals surface area contributed by atoms with Gasteiger partial charge in [0, 0.05) is 0 Å². The molecule has 4 rings (SSSR count). The van der Waals surface area contributed by atoms with E-state index in [4.69, 9.17) is 4.74 Å². The second kappa shape index (κ2) is 7.83. The molecule has 0 aromatic heterocycles. The summed E-state index contributed by atoms with van der Waals surface area (Å²) in [6, 6.07) is 22.6. The van der Waals surface area contributed by atoms with Gasteiger partial charge in [-0.2, -0.15) is 0 Å². The van der Waals surface area contributed by atoms with Gasteiger partial charge in [-0.1, -0.05) is 61.5 Å². The number of amides is 1. The van der Waals surface area contributed by atoms with Crippen LogP contribution in [-0.2, 0) is 11.2 Å². The van der Waals surface area contributed by atoms with E-state index in [-0.39, 0.29) is 11.9 Å². The second-order valence-corrected chi connectivity index (χ2v) is 7.18. The van der Waals surface area contributed by atoms with Crippen LogP contribution >= 0.6 is 0 Å². The predicted octanol–water partition coefficient (Wildman–Crippen LogP) is 5.19. The summed E-state index contributed by atoms with van der Waals surface area (Å²) in [7, 11) is 0. The van der Waals surface area contributed by atoms with E-state index >= 15 is 0 Å². The second-order valence-electron chi connectivity index (χ2n) is 7.18. The fourth-order valence-electron chi connectivity index (χ4n) is 3.90. The van der Waals surface area contributed by atoms with Gasteiger partial charge in [0.15, 0.2) is 6.10 Å². The molecule has 3 heteroatoms. The predicted molar refractivity (Wildman–Crippen MR) is 109 cm³/mol. The number of fused-ring (bicyclic) bond motifs is 2. The first-order chi connectivity index (χ1) is 13.2. The van der Waals surface area contributed by atoms with Crippen molar-refractivity contribution < 1.29 is 9.53 Å². The summed E-state index contributed by atoms with van der Waals surface area (Å²) in [5.41, 5.74) is 2.59. The first kappa shape index (κ1) is 17.6. The van der Waals surface area contributed by atoms with Gasteiger partial charge in [0.2, 0.25) is 0 Å². The average Bonchev–Trinajstić information content (AvgIpc) is 2.72. The molecular formula is C24H25NO2. The lowest BCUT2D eigenvalue weighted by molar-refractivity contribution is -0.129. The Labute approximate surface area is 160 Å². The lowest BCUT2D eigenvalue weighted by atomic mass is 9.87. The molecule has 0 saturated heterocycles. The molecule has 1 amide bonds. The summed E-state index contributed by atoms with van der Waals surface area (Å²) in [5, 5.41) is 5.50. The van der Waals surface area contributed by atoms with Crippen LogP contribution in [0.25, 0.3) is 10.8 Å². The molecular weight excluding hydrogens is 334 g/mol. The Hall–Kier alpha value is -2.81. The minimum absolute atomic E-state index is 0.0349. The molecule has 0 bridgehead atoms. The van der Waals surface area contributed by atoms with Gasteiger partial charge in [-0.25, -0.2) is 0 Å². The van der Waals surface area contributed by atoms with E-state index < -0.39 is 6.10 Å². The summed E-state index contributed by atoms with van der Waals surface area (Å²) in [6.07, 6.45) is 3.32. The standard InChI is InChI=1S/C24H25NO2/c1-2-23(27-20-15-14-17-8-3-4-10-19(17)16-20)24(26)25-22-13-7-11-18-9-5-6-12-21(18)22/h3-6,8-10,12,14-16,22-23H,2,7,11,13H2,1H3,(H,25,26). The molecule has 1 aliphatic carbocycles. The average molecular weight is 359 g/mol. The molecule has 0 heterocycles. The van der Waals surface area contributed by atoms with Crippen molar-refractivity contribution in [3.05, 3.63) is 77.9 Å². The number of carbonyl (C=O) groups is 1. The van der Waals surface area contributed by atoms with E-state index in [1.54, 1.807) is 0 Å². The SMILES string of the molecule is CCC(Oc1ccc2ccccc2c1)C(=O)NC1CCCc2ccccc21. The van der Waals surface area contributed by atoms with Gasteiger partial charge < -0.3 is 10.1 Å². The monoisotopic (exact) mass is 359 g/mol. The Kier molecular flexibility index (Phi) is 5.10. The quantitative estimate of drug-likeness (QED) is 0.681. The summed E-state index contributed by atoms with van der Waals surface area (Å²) >= 11 is 0. The fourth-order valence-corrected chi connectivity index (χ4v) is 3.90. The number of hydrogen-bond acceptors (Lipinski definition) is 2. The molecule has 0 aliphatic heterocycles. The van der Waals surface area contributed by atoms with Crippen LogP contribution in [0, 0.1) is 0 Å². The van der Waals surface area contributed by atoms with Crippen LogP contribution in [0.5, 0.6) is 5.75 Å². The zero-order chi connectivity index (χ0) is 18.6. The van der Waals surface area contributed by atoms with Crippen LogP contribution < -0.4 is 10.1 Å². The number of hydrogen-bond donors (Lipinski definition) is 1. The number of nitrogens with one attached hydrogen (secondary N) is 1. The molecule has 0 saturated carbocycles. The maximum atomic E-state index is 12.9. The van der Waals surface area contributed by atoms with E-state index in [0.717, 1.165) is 30.4 Å². The summed E-state index contributed by atoms with van der Waals surface area (Å²) in [4.78, 5) is 12.9. The normalized spacial score (nSPS) is 17.1. The molecule has 0 radical (unpaired) electrons. The van der Waals surface area contributed by atoms with Crippen molar-refractivity contribution in [1.29, 1.82) is 0 Å². The van der Waals surface area contributed by atoms with Crippen LogP contribution in [0.4, 0.5) is 0 Å². The maximum absolute atomic E-state index is 12.9. The number of ether oxygens (including phenoxy) is 1. The number of carbonyl (C=O) groups excluding carboxylic acids is 1. The van der Waals surface area contributed by atoms with Crippen molar-refractivity contribution >= 4 is 16.7 Å². The molecule has 3 aromatic carbocycles. The van der Waals surface area contributed by atoms with Crippen LogP contribution in [0.15, 0.2) is 66.7 Å². The number of benzene rings is 3. The highest BCUT2D eigenvalue weighted by atomic mass is 16.5. The molecule has 2 atom stereocenters. The van der Waals surface area contributed by atoms with Gasteiger partial charge in [-0.05, 0) is 59.7 Å². The smallest absolute Gasteiger partial charge is 0.261 e. The van der Waals surface area contributed by atoms with Crippen LogP contribution in [0.2, 0.25) is 0 Å². The van der Waals surface area contributed by atoms with Gasteiger partial charge in [-0.15, -0.1) is 0 Å². The molecule has 0 fully saturated rings. The lowest BCUT2D eigenvalue weighted by Gasteiger charge is -2.28.